The molecule has 0 bridgehead atoms. The van der Waals surface area contributed by atoms with E-state index in [0.29, 0.717) is 6.42 Å². The van der Waals surface area contributed by atoms with Crippen LogP contribution in [0.15, 0.2) is 0 Å². The van der Waals surface area contributed by atoms with Crippen molar-refractivity contribution in [3.63, 3.8) is 0 Å². The Morgan fingerprint density at radius 2 is 1.74 bits per heavy atom. The van der Waals surface area contributed by atoms with Crippen molar-refractivity contribution in [1.29, 1.82) is 0 Å². The number of ether oxygens (including phenoxy) is 3. The maximum absolute atomic E-state index is 11.8. The predicted octanol–water partition coefficient (Wildman–Crippen LogP) is 0.753. The molecule has 1 unspecified atom stereocenters. The highest BCUT2D eigenvalue weighted by molar-refractivity contribution is 5.89. The highest BCUT2D eigenvalue weighted by Gasteiger charge is 2.45. The van der Waals surface area contributed by atoms with E-state index >= 15 is 0 Å². The third-order valence-electron chi connectivity index (χ3n) is 2.53. The number of carbonyl (C=O) groups is 3. The van der Waals surface area contributed by atoms with Crippen LogP contribution < -0.4 is 0 Å². The summed E-state index contributed by atoms with van der Waals surface area (Å²) in [5.41, 5.74) is -1.83. The van der Waals surface area contributed by atoms with Crippen LogP contribution in [0.1, 0.15) is 32.6 Å². The minimum Gasteiger partial charge on any atom is -0.481 e. The highest BCUT2D eigenvalue weighted by Crippen LogP contribution is 2.24. The van der Waals surface area contributed by atoms with Crippen molar-refractivity contribution in [1.82, 2.24) is 0 Å². The zero-order valence-corrected chi connectivity index (χ0v) is 11.4. The quantitative estimate of drug-likeness (QED) is 0.490. The molecule has 7 heteroatoms. The summed E-state index contributed by atoms with van der Waals surface area (Å²) >= 11 is 0. The van der Waals surface area contributed by atoms with Gasteiger partial charge in [-0.2, -0.15) is 0 Å². The second kappa shape index (κ2) is 8.47. The Balaban J connectivity index is 5.12. The van der Waals surface area contributed by atoms with Gasteiger partial charge < -0.3 is 19.3 Å². The third kappa shape index (κ3) is 5.69. The highest BCUT2D eigenvalue weighted by atomic mass is 16.6. The molecule has 0 aromatic heterocycles. The van der Waals surface area contributed by atoms with Gasteiger partial charge in [0.1, 0.15) is 0 Å². The summed E-state index contributed by atoms with van der Waals surface area (Å²) in [7, 11) is 2.26. The molecule has 110 valence electrons. The summed E-state index contributed by atoms with van der Waals surface area (Å²) in [6.07, 6.45) is 0.298. The van der Waals surface area contributed by atoms with Crippen LogP contribution in [-0.4, -0.2) is 49.4 Å². The molecule has 0 fully saturated rings. The molecule has 1 N–H and O–H groups in total. The lowest BCUT2D eigenvalue weighted by Gasteiger charge is -2.28. The number of carboxylic acids is 1. The van der Waals surface area contributed by atoms with Crippen LogP contribution in [0.3, 0.4) is 0 Å². The minimum atomic E-state index is -1.83. The fourth-order valence-electron chi connectivity index (χ4n) is 1.52. The van der Waals surface area contributed by atoms with Crippen LogP contribution in [0.5, 0.6) is 0 Å². The van der Waals surface area contributed by atoms with Crippen LogP contribution >= 0.6 is 0 Å². The van der Waals surface area contributed by atoms with E-state index in [4.69, 9.17) is 9.84 Å². The van der Waals surface area contributed by atoms with Gasteiger partial charge in [0.15, 0.2) is 5.60 Å². The van der Waals surface area contributed by atoms with E-state index in [1.165, 1.54) is 0 Å². The van der Waals surface area contributed by atoms with Gasteiger partial charge in [-0.25, -0.2) is 4.79 Å². The van der Waals surface area contributed by atoms with E-state index in [2.05, 4.69) is 9.47 Å². The van der Waals surface area contributed by atoms with E-state index in [1.807, 2.05) is 6.92 Å². The SMILES string of the molecule is CCCCOC(CC(=O)O)(CC(=O)OC)C(=O)OC. The molecule has 0 aliphatic rings. The van der Waals surface area contributed by atoms with Crippen molar-refractivity contribution < 1.29 is 33.7 Å². The molecule has 1 atom stereocenters. The smallest absolute Gasteiger partial charge is 0.339 e. The lowest BCUT2D eigenvalue weighted by Crippen LogP contribution is -2.46. The third-order valence-corrected chi connectivity index (χ3v) is 2.53. The van der Waals surface area contributed by atoms with E-state index in [-0.39, 0.29) is 6.61 Å². The van der Waals surface area contributed by atoms with Gasteiger partial charge in [-0.15, -0.1) is 0 Å². The van der Waals surface area contributed by atoms with Gasteiger partial charge in [-0.05, 0) is 6.42 Å². The van der Waals surface area contributed by atoms with Crippen LogP contribution in [-0.2, 0) is 28.6 Å². The zero-order valence-electron chi connectivity index (χ0n) is 11.4. The Hall–Kier alpha value is -1.63. The molecule has 0 saturated carbocycles. The predicted molar refractivity (Wildman–Crippen MR) is 64.5 cm³/mol. The topological polar surface area (TPSA) is 99.1 Å². The van der Waals surface area contributed by atoms with Gasteiger partial charge in [-0.3, -0.25) is 9.59 Å². The van der Waals surface area contributed by atoms with Gasteiger partial charge >= 0.3 is 17.9 Å². The maximum Gasteiger partial charge on any atom is 0.339 e. The minimum absolute atomic E-state index is 0.163. The van der Waals surface area contributed by atoms with E-state index in [0.717, 1.165) is 20.6 Å². The van der Waals surface area contributed by atoms with E-state index in [1.54, 1.807) is 0 Å². The summed E-state index contributed by atoms with van der Waals surface area (Å²) in [4.78, 5) is 34.1. The van der Waals surface area contributed by atoms with Gasteiger partial charge in [-0.1, -0.05) is 13.3 Å². The summed E-state index contributed by atoms with van der Waals surface area (Å²) in [6.45, 7) is 2.08. The first-order chi connectivity index (χ1) is 8.91. The number of hydrogen-bond acceptors (Lipinski definition) is 6. The average molecular weight is 276 g/mol. The van der Waals surface area contributed by atoms with E-state index in [9.17, 15) is 14.4 Å². The van der Waals surface area contributed by atoms with Crippen LogP contribution in [0.4, 0.5) is 0 Å². The normalized spacial score (nSPS) is 13.4. The van der Waals surface area contributed by atoms with Crippen molar-refractivity contribution in [3.8, 4) is 0 Å². The second-order valence-electron chi connectivity index (χ2n) is 4.01. The summed E-state index contributed by atoms with van der Waals surface area (Å²) in [5, 5.41) is 8.90. The molecule has 0 aliphatic heterocycles. The molecule has 0 aromatic rings. The molecule has 19 heavy (non-hydrogen) atoms. The Morgan fingerprint density at radius 3 is 2.16 bits per heavy atom. The monoisotopic (exact) mass is 276 g/mol. The zero-order chi connectivity index (χ0) is 14.9. The fraction of sp³-hybridized carbons (Fsp3) is 0.750. The van der Waals surface area contributed by atoms with Gasteiger partial charge in [0, 0.05) is 6.61 Å². The first-order valence-corrected chi connectivity index (χ1v) is 5.92. The van der Waals surface area contributed by atoms with Crippen molar-refractivity contribution in [2.45, 2.75) is 38.2 Å². The summed E-state index contributed by atoms with van der Waals surface area (Å²) in [6, 6.07) is 0. The Kier molecular flexibility index (Phi) is 7.74. The molecule has 0 aliphatic carbocycles. The Bertz CT molecular complexity index is 326. The number of esters is 2. The van der Waals surface area contributed by atoms with Gasteiger partial charge in [0.2, 0.25) is 0 Å². The summed E-state index contributed by atoms with van der Waals surface area (Å²) in [5.74, 6) is -2.88. The number of carboxylic acid groups (broad SMARTS) is 1. The van der Waals surface area contributed by atoms with Crippen LogP contribution in [0.2, 0.25) is 0 Å². The molecular weight excluding hydrogens is 256 g/mol. The molecule has 0 radical (unpaired) electrons. The van der Waals surface area contributed by atoms with Gasteiger partial charge in [0.25, 0.3) is 0 Å². The van der Waals surface area contributed by atoms with Crippen molar-refractivity contribution >= 4 is 17.9 Å². The Labute approximate surface area is 111 Å². The standard InChI is InChI=1S/C12H20O7/c1-4-5-6-19-12(7-9(13)14,11(16)18-3)8-10(15)17-2/h4-8H2,1-3H3,(H,13,14). The molecular formula is C12H20O7. The molecule has 0 spiro atoms. The number of methoxy groups -OCH3 is 2. The molecule has 0 aromatic carbocycles. The van der Waals surface area contributed by atoms with E-state index < -0.39 is 36.4 Å². The first-order valence-electron chi connectivity index (χ1n) is 5.92. The first kappa shape index (κ1) is 17.4. The lowest BCUT2D eigenvalue weighted by molar-refractivity contribution is -0.181. The lowest BCUT2D eigenvalue weighted by atomic mass is 9.95. The number of hydrogen-bond donors (Lipinski definition) is 1. The van der Waals surface area contributed by atoms with Crippen LogP contribution in [0, 0.1) is 0 Å². The molecule has 0 heterocycles. The Morgan fingerprint density at radius 1 is 1.11 bits per heavy atom. The maximum atomic E-state index is 11.8. The van der Waals surface area contributed by atoms with Crippen LogP contribution in [0.25, 0.3) is 0 Å². The molecule has 0 amide bonds. The fourth-order valence-corrected chi connectivity index (χ4v) is 1.52. The van der Waals surface area contributed by atoms with Gasteiger partial charge in [0.05, 0.1) is 27.1 Å². The number of aliphatic carboxylic acids is 1. The number of carbonyl (C=O) groups excluding carboxylic acids is 2. The molecule has 0 saturated heterocycles. The molecule has 0 rings (SSSR count). The number of rotatable bonds is 9. The number of unbranched alkanes of at least 4 members (excludes halogenated alkanes) is 1. The summed E-state index contributed by atoms with van der Waals surface area (Å²) < 4.78 is 14.4. The largest absolute Gasteiger partial charge is 0.481 e. The second-order valence-corrected chi connectivity index (χ2v) is 4.01. The van der Waals surface area contributed by atoms with Crippen molar-refractivity contribution in [3.05, 3.63) is 0 Å². The average Bonchev–Trinajstić information content (AvgIpc) is 2.36. The van der Waals surface area contributed by atoms with Crippen molar-refractivity contribution in [2.24, 2.45) is 0 Å². The molecule has 7 nitrogen and oxygen atoms in total. The van der Waals surface area contributed by atoms with Crippen molar-refractivity contribution in [2.75, 3.05) is 20.8 Å².